The third-order valence-electron chi connectivity index (χ3n) is 5.42. The Morgan fingerprint density at radius 3 is 2.47 bits per heavy atom. The second kappa shape index (κ2) is 7.61. The van der Waals surface area contributed by atoms with Crippen molar-refractivity contribution in [3.63, 3.8) is 0 Å². The van der Waals surface area contributed by atoms with Crippen LogP contribution in [0.15, 0.2) is 54.6 Å². The van der Waals surface area contributed by atoms with Crippen LogP contribution in [0.4, 0.5) is 5.69 Å². The number of amides is 2. The number of aromatic nitrogens is 2. The van der Waals surface area contributed by atoms with Crippen molar-refractivity contribution < 1.29 is 9.59 Å². The molecule has 1 aromatic heterocycles. The van der Waals surface area contributed by atoms with Gasteiger partial charge in [0.25, 0.3) is 5.91 Å². The predicted octanol–water partition coefficient (Wildman–Crippen LogP) is 3.89. The van der Waals surface area contributed by atoms with Gasteiger partial charge in [-0.2, -0.15) is 5.10 Å². The molecule has 1 aliphatic heterocycles. The average molecular weight is 423 g/mol. The number of carbonyl (C=O) groups is 2. The van der Waals surface area contributed by atoms with Crippen LogP contribution in [-0.4, -0.2) is 27.1 Å². The number of rotatable bonds is 4. The molecule has 1 aliphatic rings. The van der Waals surface area contributed by atoms with Crippen molar-refractivity contribution in [2.45, 2.75) is 39.4 Å². The van der Waals surface area contributed by atoms with Gasteiger partial charge in [-0.05, 0) is 56.7 Å². The highest BCUT2D eigenvalue weighted by atomic mass is 35.5. The fourth-order valence-electron chi connectivity index (χ4n) is 3.78. The van der Waals surface area contributed by atoms with Crippen molar-refractivity contribution >= 4 is 29.1 Å². The van der Waals surface area contributed by atoms with Crippen molar-refractivity contribution in [3.8, 4) is 0 Å². The summed E-state index contributed by atoms with van der Waals surface area (Å²) in [5.74, 6) is -0.486. The number of halogens is 1. The standard InChI is InChI=1S/C23H23ClN4O2/c1-15-4-10-19(11-5-15)28-21(29)20-12-16(2)26-27(20)14-23(28,3)22(30)25-13-17-6-8-18(24)9-7-17/h4-12H,13-14H2,1-3H3,(H,25,30)/t23-/m1/s1. The van der Waals surface area contributed by atoms with Crippen LogP contribution < -0.4 is 10.2 Å². The zero-order valence-corrected chi connectivity index (χ0v) is 17.9. The highest BCUT2D eigenvalue weighted by molar-refractivity contribution is 6.30. The molecule has 2 aromatic carbocycles. The minimum atomic E-state index is -1.13. The lowest BCUT2D eigenvalue weighted by atomic mass is 9.93. The van der Waals surface area contributed by atoms with Gasteiger partial charge in [-0.25, -0.2) is 0 Å². The van der Waals surface area contributed by atoms with Gasteiger partial charge in [-0.15, -0.1) is 0 Å². The zero-order chi connectivity index (χ0) is 21.5. The zero-order valence-electron chi connectivity index (χ0n) is 17.1. The second-order valence-corrected chi connectivity index (χ2v) is 8.32. The topological polar surface area (TPSA) is 67.2 Å². The molecule has 6 nitrogen and oxygen atoms in total. The molecule has 154 valence electrons. The molecule has 0 spiro atoms. The number of benzene rings is 2. The summed E-state index contributed by atoms with van der Waals surface area (Å²) < 4.78 is 1.63. The quantitative estimate of drug-likeness (QED) is 0.693. The highest BCUT2D eigenvalue weighted by Gasteiger charge is 2.48. The lowest BCUT2D eigenvalue weighted by Crippen LogP contribution is -2.64. The van der Waals surface area contributed by atoms with Gasteiger partial charge < -0.3 is 5.32 Å². The monoisotopic (exact) mass is 422 g/mol. The van der Waals surface area contributed by atoms with Gasteiger partial charge in [0.2, 0.25) is 5.91 Å². The van der Waals surface area contributed by atoms with E-state index in [0.717, 1.165) is 16.8 Å². The van der Waals surface area contributed by atoms with E-state index < -0.39 is 5.54 Å². The van der Waals surface area contributed by atoms with Gasteiger partial charge in [0.1, 0.15) is 11.2 Å². The molecule has 2 amide bonds. The third-order valence-corrected chi connectivity index (χ3v) is 5.68. The smallest absolute Gasteiger partial charge is 0.277 e. The molecular weight excluding hydrogens is 400 g/mol. The molecule has 0 radical (unpaired) electrons. The third kappa shape index (κ3) is 3.59. The summed E-state index contributed by atoms with van der Waals surface area (Å²) in [5, 5.41) is 8.05. The lowest BCUT2D eigenvalue weighted by molar-refractivity contribution is -0.126. The summed E-state index contributed by atoms with van der Waals surface area (Å²) in [6.45, 7) is 6.21. The largest absolute Gasteiger partial charge is 0.350 e. The summed E-state index contributed by atoms with van der Waals surface area (Å²) in [5.41, 5.74) is 2.78. The number of carbonyl (C=O) groups excluding carboxylic acids is 2. The van der Waals surface area contributed by atoms with E-state index in [1.54, 1.807) is 34.7 Å². The first-order chi connectivity index (χ1) is 14.3. The number of hydrogen-bond acceptors (Lipinski definition) is 3. The Kier molecular flexibility index (Phi) is 5.12. The Morgan fingerprint density at radius 1 is 1.13 bits per heavy atom. The summed E-state index contributed by atoms with van der Waals surface area (Å²) >= 11 is 5.94. The normalized spacial score (nSPS) is 18.3. The molecular formula is C23H23ClN4O2. The number of anilines is 1. The summed E-state index contributed by atoms with van der Waals surface area (Å²) in [4.78, 5) is 28.4. The van der Waals surface area contributed by atoms with Crippen molar-refractivity contribution in [2.75, 3.05) is 4.90 Å². The van der Waals surface area contributed by atoms with E-state index in [9.17, 15) is 9.59 Å². The van der Waals surface area contributed by atoms with Crippen molar-refractivity contribution in [1.82, 2.24) is 15.1 Å². The molecule has 0 bridgehead atoms. The maximum Gasteiger partial charge on any atom is 0.277 e. The fourth-order valence-corrected chi connectivity index (χ4v) is 3.91. The Bertz CT molecular complexity index is 1110. The Balaban J connectivity index is 1.69. The molecule has 7 heteroatoms. The van der Waals surface area contributed by atoms with Crippen LogP contribution in [0.5, 0.6) is 0 Å². The van der Waals surface area contributed by atoms with Gasteiger partial charge >= 0.3 is 0 Å². The van der Waals surface area contributed by atoms with Crippen LogP contribution in [0.1, 0.15) is 34.2 Å². The van der Waals surface area contributed by atoms with E-state index in [0.29, 0.717) is 22.9 Å². The Labute approximate surface area is 180 Å². The van der Waals surface area contributed by atoms with E-state index in [1.165, 1.54) is 0 Å². The molecule has 3 aromatic rings. The van der Waals surface area contributed by atoms with E-state index in [4.69, 9.17) is 11.6 Å². The lowest BCUT2D eigenvalue weighted by Gasteiger charge is -2.43. The molecule has 0 saturated carbocycles. The first-order valence-corrected chi connectivity index (χ1v) is 10.1. The molecule has 4 rings (SSSR count). The van der Waals surface area contributed by atoms with Crippen molar-refractivity contribution in [2.24, 2.45) is 0 Å². The van der Waals surface area contributed by atoms with Gasteiger partial charge in [0.05, 0.1) is 12.2 Å². The van der Waals surface area contributed by atoms with Crippen molar-refractivity contribution in [3.05, 3.63) is 82.1 Å². The van der Waals surface area contributed by atoms with Crippen LogP contribution in [0.2, 0.25) is 5.02 Å². The number of aryl methyl sites for hydroxylation is 2. The second-order valence-electron chi connectivity index (χ2n) is 7.89. The van der Waals surface area contributed by atoms with E-state index in [1.807, 2.05) is 50.2 Å². The van der Waals surface area contributed by atoms with E-state index >= 15 is 0 Å². The van der Waals surface area contributed by atoms with Crippen LogP contribution >= 0.6 is 11.6 Å². The first kappa shape index (κ1) is 20.2. The predicted molar refractivity (Wildman–Crippen MR) is 117 cm³/mol. The van der Waals surface area contributed by atoms with Crippen LogP contribution in [0, 0.1) is 13.8 Å². The van der Waals surface area contributed by atoms with Crippen molar-refractivity contribution in [1.29, 1.82) is 0 Å². The molecule has 1 N–H and O–H groups in total. The molecule has 2 heterocycles. The maximum atomic E-state index is 13.4. The first-order valence-electron chi connectivity index (χ1n) is 9.76. The van der Waals surface area contributed by atoms with E-state index in [2.05, 4.69) is 10.4 Å². The minimum absolute atomic E-state index is 0.241. The molecule has 1 atom stereocenters. The summed E-state index contributed by atoms with van der Waals surface area (Å²) in [6.07, 6.45) is 0. The Morgan fingerprint density at radius 2 is 1.80 bits per heavy atom. The maximum absolute atomic E-state index is 13.4. The molecule has 0 fully saturated rings. The summed E-state index contributed by atoms with van der Waals surface area (Å²) in [7, 11) is 0. The van der Waals surface area contributed by atoms with Gasteiger partial charge in [0.15, 0.2) is 0 Å². The average Bonchev–Trinajstić information content (AvgIpc) is 3.09. The highest BCUT2D eigenvalue weighted by Crippen LogP contribution is 2.33. The van der Waals surface area contributed by atoms with Crippen LogP contribution in [0.25, 0.3) is 0 Å². The van der Waals surface area contributed by atoms with Gasteiger partial charge in [-0.1, -0.05) is 41.4 Å². The van der Waals surface area contributed by atoms with E-state index in [-0.39, 0.29) is 18.4 Å². The molecule has 0 unspecified atom stereocenters. The summed E-state index contributed by atoms with van der Waals surface area (Å²) in [6, 6.07) is 16.7. The molecule has 0 aliphatic carbocycles. The molecule has 30 heavy (non-hydrogen) atoms. The number of nitrogens with one attached hydrogen (secondary N) is 1. The van der Waals surface area contributed by atoms with Crippen LogP contribution in [-0.2, 0) is 17.9 Å². The fraction of sp³-hybridized carbons (Fsp3) is 0.261. The number of fused-ring (bicyclic) bond motifs is 1. The molecule has 0 saturated heterocycles. The van der Waals surface area contributed by atoms with Gasteiger partial charge in [0, 0.05) is 17.3 Å². The van der Waals surface area contributed by atoms with Gasteiger partial charge in [-0.3, -0.25) is 19.2 Å². The number of nitrogens with zero attached hydrogens (tertiary/aromatic N) is 3. The SMILES string of the molecule is Cc1ccc(N2C(=O)c3cc(C)nn3C[C@]2(C)C(=O)NCc2ccc(Cl)cc2)cc1. The minimum Gasteiger partial charge on any atom is -0.350 e. The van der Waals surface area contributed by atoms with Crippen LogP contribution in [0.3, 0.4) is 0 Å². The number of hydrogen-bond donors (Lipinski definition) is 1. The Hall–Kier alpha value is -3.12.